The summed E-state index contributed by atoms with van der Waals surface area (Å²) in [6, 6.07) is 95.8. The van der Waals surface area contributed by atoms with Crippen molar-refractivity contribution in [2.75, 3.05) is 4.90 Å². The van der Waals surface area contributed by atoms with E-state index in [4.69, 9.17) is 4.42 Å². The second-order valence-corrected chi connectivity index (χ2v) is 18.3. The molecule has 2 heteroatoms. The highest BCUT2D eigenvalue weighted by molar-refractivity contribution is 6.23. The molecule has 0 saturated carbocycles. The number of benzene rings is 12. The average molecular weight is 878 g/mol. The monoisotopic (exact) mass is 877 g/mol. The van der Waals surface area contributed by atoms with E-state index >= 15 is 0 Å². The Morgan fingerprint density at radius 1 is 0.333 bits per heavy atom. The van der Waals surface area contributed by atoms with Gasteiger partial charge in [0.1, 0.15) is 11.2 Å². The minimum atomic E-state index is -0.580. The van der Waals surface area contributed by atoms with E-state index in [9.17, 15) is 0 Å². The average Bonchev–Trinajstić information content (AvgIpc) is 3.96. The molecule has 0 bridgehead atoms. The first-order chi connectivity index (χ1) is 34.2. The van der Waals surface area contributed by atoms with Gasteiger partial charge < -0.3 is 9.32 Å². The molecule has 1 aromatic heterocycles. The predicted molar refractivity (Wildman–Crippen MR) is 289 cm³/mol. The van der Waals surface area contributed by atoms with Gasteiger partial charge in [-0.3, -0.25) is 0 Å². The first kappa shape index (κ1) is 39.2. The number of anilines is 3. The van der Waals surface area contributed by atoms with Gasteiger partial charge in [-0.05, 0) is 137 Å². The second-order valence-electron chi connectivity index (χ2n) is 18.3. The van der Waals surface area contributed by atoms with Gasteiger partial charge >= 0.3 is 0 Å². The Morgan fingerprint density at radius 3 is 1.57 bits per heavy atom. The molecule has 0 unspecified atom stereocenters. The van der Waals surface area contributed by atoms with Crippen LogP contribution >= 0.6 is 0 Å². The molecular weight excluding hydrogens is 835 g/mol. The van der Waals surface area contributed by atoms with Gasteiger partial charge in [0.05, 0.1) is 16.5 Å². The zero-order chi connectivity index (χ0) is 45.5. The summed E-state index contributed by atoms with van der Waals surface area (Å²) in [6.45, 7) is 0. The fourth-order valence-electron chi connectivity index (χ4n) is 11.7. The maximum atomic E-state index is 7.09. The van der Waals surface area contributed by atoms with E-state index in [1.165, 1.54) is 66.1 Å². The van der Waals surface area contributed by atoms with E-state index in [2.05, 4.69) is 266 Å². The quantitative estimate of drug-likeness (QED) is 0.159. The van der Waals surface area contributed by atoms with Gasteiger partial charge in [-0.1, -0.05) is 206 Å². The lowest BCUT2D eigenvalue weighted by Crippen LogP contribution is -2.28. The number of hydrogen-bond donors (Lipinski definition) is 0. The van der Waals surface area contributed by atoms with Crippen molar-refractivity contribution in [3.63, 3.8) is 0 Å². The number of furan rings is 1. The van der Waals surface area contributed by atoms with Crippen LogP contribution in [-0.2, 0) is 5.41 Å². The molecule has 13 aromatic rings. The molecular formula is C67H43NO. The summed E-state index contributed by atoms with van der Waals surface area (Å²) in [7, 11) is 0. The van der Waals surface area contributed by atoms with Crippen LogP contribution in [0.1, 0.15) is 22.3 Å². The molecule has 0 spiro atoms. The summed E-state index contributed by atoms with van der Waals surface area (Å²) >= 11 is 0. The molecule has 0 N–H and O–H groups in total. The molecule has 0 amide bonds. The first-order valence-electron chi connectivity index (χ1n) is 23.8. The Bertz CT molecular complexity index is 4010. The zero-order valence-corrected chi connectivity index (χ0v) is 37.7. The van der Waals surface area contributed by atoms with E-state index in [0.717, 1.165) is 60.9 Å². The van der Waals surface area contributed by atoms with Gasteiger partial charge in [-0.25, -0.2) is 0 Å². The van der Waals surface area contributed by atoms with Crippen LogP contribution in [0.15, 0.2) is 265 Å². The van der Waals surface area contributed by atoms with Crippen LogP contribution in [0, 0.1) is 0 Å². The van der Waals surface area contributed by atoms with Crippen molar-refractivity contribution in [2.45, 2.75) is 5.41 Å². The maximum Gasteiger partial charge on any atom is 0.143 e. The van der Waals surface area contributed by atoms with Crippen molar-refractivity contribution >= 4 is 71.3 Å². The Morgan fingerprint density at radius 2 is 0.899 bits per heavy atom. The third-order valence-electron chi connectivity index (χ3n) is 14.7. The van der Waals surface area contributed by atoms with Crippen LogP contribution in [0.25, 0.3) is 87.6 Å². The van der Waals surface area contributed by atoms with Crippen LogP contribution in [-0.4, -0.2) is 0 Å². The van der Waals surface area contributed by atoms with Gasteiger partial charge in [-0.2, -0.15) is 0 Å². The Labute approximate surface area is 400 Å². The van der Waals surface area contributed by atoms with Crippen LogP contribution in [0.4, 0.5) is 17.1 Å². The molecule has 0 atom stereocenters. The van der Waals surface area contributed by atoms with Crippen molar-refractivity contribution in [1.29, 1.82) is 0 Å². The minimum Gasteiger partial charge on any atom is -0.455 e. The molecule has 0 saturated heterocycles. The van der Waals surface area contributed by atoms with E-state index < -0.39 is 5.41 Å². The summed E-state index contributed by atoms with van der Waals surface area (Å²) in [5.74, 6) is 0. The third-order valence-corrected chi connectivity index (χ3v) is 14.7. The van der Waals surface area contributed by atoms with Gasteiger partial charge in [-0.15, -0.1) is 0 Å². The highest BCUT2D eigenvalue weighted by Gasteiger charge is 2.47. The molecule has 322 valence electrons. The smallest absolute Gasteiger partial charge is 0.143 e. The fourth-order valence-corrected chi connectivity index (χ4v) is 11.7. The number of rotatable bonds is 7. The van der Waals surface area contributed by atoms with E-state index in [1.807, 2.05) is 0 Å². The number of nitrogens with zero attached hydrogens (tertiary/aromatic N) is 1. The summed E-state index contributed by atoms with van der Waals surface area (Å²) < 4.78 is 7.09. The number of fused-ring (bicyclic) bond motifs is 10. The standard InChI is InChI=1S/C67H43NO/c1-4-21-46(22-5-1)58-41-49(42-61-64(58)56-31-16-17-32-60(56)67(61,50-25-6-2-7-26-50)51-27-8-3-9-28-51)57-43-59-65-62(33-18-34-63(65)69-66(59)55-30-15-14-29-54(55)57)68(52-37-35-44-19-10-12-23-47(44)39-52)53-38-36-45-20-11-13-24-48(45)40-53/h1-43H. The van der Waals surface area contributed by atoms with Crippen molar-refractivity contribution in [2.24, 2.45) is 0 Å². The van der Waals surface area contributed by atoms with Gasteiger partial charge in [0.15, 0.2) is 0 Å². The largest absolute Gasteiger partial charge is 0.455 e. The minimum absolute atomic E-state index is 0.580. The molecule has 69 heavy (non-hydrogen) atoms. The van der Waals surface area contributed by atoms with E-state index in [-0.39, 0.29) is 0 Å². The Kier molecular flexibility index (Phi) is 8.84. The summed E-state index contributed by atoms with van der Waals surface area (Å²) in [4.78, 5) is 2.42. The van der Waals surface area contributed by atoms with E-state index in [1.54, 1.807) is 0 Å². The summed E-state index contributed by atoms with van der Waals surface area (Å²) in [5, 5.41) is 9.16. The molecule has 2 nitrogen and oxygen atoms in total. The SMILES string of the molecule is c1ccc(-c2cc(-c3cc4c(oc5cccc(N(c6ccc7ccccc7c6)c6ccc7ccccc7c6)c54)c4ccccc34)cc3c2-c2ccccc2C3(c2ccccc2)c2ccccc2)cc1. The van der Waals surface area contributed by atoms with Gasteiger partial charge in [0.25, 0.3) is 0 Å². The predicted octanol–water partition coefficient (Wildman–Crippen LogP) is 18.2. The zero-order valence-electron chi connectivity index (χ0n) is 37.7. The molecule has 0 aliphatic heterocycles. The van der Waals surface area contributed by atoms with Crippen LogP contribution < -0.4 is 4.90 Å². The molecule has 1 aliphatic rings. The fraction of sp³-hybridized carbons (Fsp3) is 0.0149. The second kappa shape index (κ2) is 15.6. The van der Waals surface area contributed by atoms with E-state index in [0.29, 0.717) is 0 Å². The highest BCUT2D eigenvalue weighted by Crippen LogP contribution is 2.59. The molecule has 1 aliphatic carbocycles. The van der Waals surface area contributed by atoms with Gasteiger partial charge in [0, 0.05) is 22.1 Å². The Hall–Kier alpha value is -8.98. The highest BCUT2D eigenvalue weighted by atomic mass is 16.3. The lowest BCUT2D eigenvalue weighted by Gasteiger charge is -2.34. The van der Waals surface area contributed by atoms with Crippen molar-refractivity contribution < 1.29 is 4.42 Å². The van der Waals surface area contributed by atoms with Crippen LogP contribution in [0.5, 0.6) is 0 Å². The van der Waals surface area contributed by atoms with Crippen LogP contribution in [0.2, 0.25) is 0 Å². The molecule has 12 aromatic carbocycles. The maximum absolute atomic E-state index is 7.09. The topological polar surface area (TPSA) is 16.4 Å². The van der Waals surface area contributed by atoms with Crippen molar-refractivity contribution in [3.8, 4) is 33.4 Å². The third kappa shape index (κ3) is 5.99. The van der Waals surface area contributed by atoms with Crippen molar-refractivity contribution in [3.05, 3.63) is 283 Å². The Balaban J connectivity index is 1.09. The number of hydrogen-bond acceptors (Lipinski definition) is 2. The van der Waals surface area contributed by atoms with Crippen molar-refractivity contribution in [1.82, 2.24) is 0 Å². The molecule has 0 radical (unpaired) electrons. The van der Waals surface area contributed by atoms with Gasteiger partial charge in [0.2, 0.25) is 0 Å². The lowest BCUT2D eigenvalue weighted by molar-refractivity contribution is 0.672. The molecule has 14 rings (SSSR count). The summed E-state index contributed by atoms with van der Waals surface area (Å²) in [5.41, 5.74) is 16.7. The molecule has 1 heterocycles. The molecule has 0 fully saturated rings. The van der Waals surface area contributed by atoms with Crippen LogP contribution in [0.3, 0.4) is 0 Å². The first-order valence-corrected chi connectivity index (χ1v) is 23.8. The normalized spacial score (nSPS) is 12.8. The summed E-state index contributed by atoms with van der Waals surface area (Å²) in [6.07, 6.45) is 0. The lowest BCUT2D eigenvalue weighted by atomic mass is 9.67.